The van der Waals surface area contributed by atoms with E-state index in [0.717, 1.165) is 44.8 Å². The molecular weight excluding hydrogens is 725 g/mol. The van der Waals surface area contributed by atoms with Crippen molar-refractivity contribution < 1.29 is 0 Å². The van der Waals surface area contributed by atoms with Crippen LogP contribution >= 0.6 is 0 Å². The van der Waals surface area contributed by atoms with Crippen LogP contribution in [0.4, 0.5) is 0 Å². The minimum absolute atomic E-state index is 0.690. The van der Waals surface area contributed by atoms with E-state index in [1.54, 1.807) is 0 Å². The van der Waals surface area contributed by atoms with Gasteiger partial charge in [0.25, 0.3) is 0 Å². The van der Waals surface area contributed by atoms with E-state index in [1.165, 1.54) is 60.1 Å². The van der Waals surface area contributed by atoms with Crippen LogP contribution in [-0.4, -0.2) is 9.97 Å². The van der Waals surface area contributed by atoms with E-state index < -0.39 is 0 Å². The van der Waals surface area contributed by atoms with Gasteiger partial charge in [0.1, 0.15) is 0 Å². The van der Waals surface area contributed by atoms with Crippen molar-refractivity contribution in [2.45, 2.75) is 0 Å². The largest absolute Gasteiger partial charge is 0.228 e. The summed E-state index contributed by atoms with van der Waals surface area (Å²) in [5, 5.41) is 7.51. The first-order chi connectivity index (χ1) is 29.7. The number of benzene rings is 10. The lowest BCUT2D eigenvalue weighted by molar-refractivity contribution is 1.18. The molecule has 10 aromatic carbocycles. The van der Waals surface area contributed by atoms with Gasteiger partial charge in [-0.15, -0.1) is 0 Å². The van der Waals surface area contributed by atoms with Gasteiger partial charge in [0, 0.05) is 16.7 Å². The second kappa shape index (κ2) is 15.1. The molecule has 2 heteroatoms. The summed E-state index contributed by atoms with van der Waals surface area (Å²) in [4.78, 5) is 10.5. The zero-order valence-corrected chi connectivity index (χ0v) is 32.8. The number of rotatable bonds is 7. The molecule has 60 heavy (non-hydrogen) atoms. The lowest BCUT2D eigenvalue weighted by atomic mass is 9.89. The lowest BCUT2D eigenvalue weighted by Crippen LogP contribution is -1.96. The molecule has 0 aliphatic heterocycles. The van der Waals surface area contributed by atoms with Crippen molar-refractivity contribution in [3.63, 3.8) is 0 Å². The van der Waals surface area contributed by atoms with Gasteiger partial charge in [0.05, 0.1) is 11.4 Å². The van der Waals surface area contributed by atoms with Gasteiger partial charge in [0.15, 0.2) is 5.82 Å². The summed E-state index contributed by atoms with van der Waals surface area (Å²) in [6.07, 6.45) is 0. The Morgan fingerprint density at radius 2 is 0.683 bits per heavy atom. The monoisotopic (exact) mass is 762 g/mol. The van der Waals surface area contributed by atoms with E-state index in [1.807, 2.05) is 6.07 Å². The summed E-state index contributed by atoms with van der Waals surface area (Å²) < 4.78 is 0. The molecule has 0 bridgehead atoms. The van der Waals surface area contributed by atoms with Crippen molar-refractivity contribution >= 4 is 32.3 Å². The zero-order chi connectivity index (χ0) is 39.8. The normalized spacial score (nSPS) is 11.3. The Bertz CT molecular complexity index is 3320. The maximum absolute atomic E-state index is 5.25. The quantitative estimate of drug-likeness (QED) is 0.119. The van der Waals surface area contributed by atoms with E-state index in [0.29, 0.717) is 5.82 Å². The maximum atomic E-state index is 5.25. The molecule has 280 valence electrons. The molecule has 11 aromatic rings. The Labute approximate surface area is 349 Å². The smallest absolute Gasteiger partial charge is 0.160 e. The standard InChI is InChI=1S/C58H38N2/c1-3-12-39(13-4-1)41-22-24-43(25-23-41)48-18-11-19-50(36-48)56-38-55(59-58(60-56)47-32-26-42(27-33-47)40-14-5-2-6-15-40)45-28-30-46(31-29-45)57-52-21-10-8-17-49(52)37-54-51-20-9-7-16-44(51)34-35-53(54)57/h1-38H. The second-order valence-corrected chi connectivity index (χ2v) is 15.4. The van der Waals surface area contributed by atoms with Gasteiger partial charge in [-0.2, -0.15) is 0 Å². The molecule has 1 heterocycles. The molecule has 0 radical (unpaired) electrons. The van der Waals surface area contributed by atoms with Crippen molar-refractivity contribution in [2.24, 2.45) is 0 Å². The molecule has 0 saturated heterocycles. The Kier molecular flexibility index (Phi) is 8.87. The van der Waals surface area contributed by atoms with Gasteiger partial charge in [-0.25, -0.2) is 9.97 Å². The van der Waals surface area contributed by atoms with E-state index in [2.05, 4.69) is 224 Å². The lowest BCUT2D eigenvalue weighted by Gasteiger charge is -2.15. The van der Waals surface area contributed by atoms with Crippen LogP contribution in [0.5, 0.6) is 0 Å². The topological polar surface area (TPSA) is 25.8 Å². The predicted molar refractivity (Wildman–Crippen MR) is 253 cm³/mol. The van der Waals surface area contributed by atoms with Crippen molar-refractivity contribution in [2.75, 3.05) is 0 Å². The fourth-order valence-corrected chi connectivity index (χ4v) is 8.60. The fourth-order valence-electron chi connectivity index (χ4n) is 8.60. The van der Waals surface area contributed by atoms with Gasteiger partial charge in [-0.1, -0.05) is 212 Å². The molecule has 2 nitrogen and oxygen atoms in total. The first-order valence-corrected chi connectivity index (χ1v) is 20.5. The van der Waals surface area contributed by atoms with Gasteiger partial charge in [0.2, 0.25) is 0 Å². The van der Waals surface area contributed by atoms with Crippen molar-refractivity contribution in [3.8, 4) is 78.4 Å². The average Bonchev–Trinajstić information content (AvgIpc) is 3.34. The number of hydrogen-bond acceptors (Lipinski definition) is 2. The zero-order valence-electron chi connectivity index (χ0n) is 32.8. The van der Waals surface area contributed by atoms with E-state index in [-0.39, 0.29) is 0 Å². The fraction of sp³-hybridized carbons (Fsp3) is 0. The van der Waals surface area contributed by atoms with Gasteiger partial charge in [-0.05, 0) is 95.0 Å². The molecule has 0 amide bonds. The number of hydrogen-bond donors (Lipinski definition) is 0. The van der Waals surface area contributed by atoms with Crippen LogP contribution in [0, 0.1) is 0 Å². The summed E-state index contributed by atoms with van der Waals surface area (Å²) in [6.45, 7) is 0. The molecule has 0 aliphatic rings. The first-order valence-electron chi connectivity index (χ1n) is 20.5. The molecule has 0 saturated carbocycles. The molecule has 0 fully saturated rings. The van der Waals surface area contributed by atoms with Crippen LogP contribution in [0.15, 0.2) is 231 Å². The van der Waals surface area contributed by atoms with Crippen LogP contribution in [0.3, 0.4) is 0 Å². The summed E-state index contributed by atoms with van der Waals surface area (Å²) in [5.41, 5.74) is 14.3. The average molecular weight is 763 g/mol. The highest BCUT2D eigenvalue weighted by Gasteiger charge is 2.15. The van der Waals surface area contributed by atoms with Crippen molar-refractivity contribution in [1.82, 2.24) is 9.97 Å². The van der Waals surface area contributed by atoms with Crippen molar-refractivity contribution in [3.05, 3.63) is 231 Å². The summed E-state index contributed by atoms with van der Waals surface area (Å²) in [5.74, 6) is 0.690. The molecule has 0 atom stereocenters. The third-order valence-electron chi connectivity index (χ3n) is 11.7. The van der Waals surface area contributed by atoms with E-state index in [9.17, 15) is 0 Å². The number of fused-ring (bicyclic) bond motifs is 4. The number of aromatic nitrogens is 2. The molecular formula is C58H38N2. The van der Waals surface area contributed by atoms with Gasteiger partial charge < -0.3 is 0 Å². The molecule has 0 aliphatic carbocycles. The third kappa shape index (κ3) is 6.61. The van der Waals surface area contributed by atoms with Crippen molar-refractivity contribution in [1.29, 1.82) is 0 Å². The summed E-state index contributed by atoms with van der Waals surface area (Å²) in [6, 6.07) is 82.4. The highest BCUT2D eigenvalue weighted by molar-refractivity contribution is 6.20. The molecule has 0 unspecified atom stereocenters. The molecule has 0 spiro atoms. The molecule has 11 rings (SSSR count). The van der Waals surface area contributed by atoms with E-state index >= 15 is 0 Å². The number of nitrogens with zero attached hydrogens (tertiary/aromatic N) is 2. The van der Waals surface area contributed by atoms with Crippen LogP contribution in [0.2, 0.25) is 0 Å². The van der Waals surface area contributed by atoms with Crippen LogP contribution in [0.1, 0.15) is 0 Å². The highest BCUT2D eigenvalue weighted by atomic mass is 14.9. The Morgan fingerprint density at radius 3 is 1.35 bits per heavy atom. The Balaban J connectivity index is 1.01. The Hall–Kier alpha value is -7.94. The highest BCUT2D eigenvalue weighted by Crippen LogP contribution is 2.40. The molecule has 1 aromatic heterocycles. The van der Waals surface area contributed by atoms with Crippen LogP contribution in [-0.2, 0) is 0 Å². The minimum Gasteiger partial charge on any atom is -0.228 e. The SMILES string of the molecule is c1ccc(-c2ccc(-c3cccc(-c4cc(-c5ccc(-c6c7ccccc7cc7c6ccc6ccccc67)cc5)nc(-c5ccc(-c6ccccc6)cc5)n4)c3)cc2)cc1. The summed E-state index contributed by atoms with van der Waals surface area (Å²) >= 11 is 0. The summed E-state index contributed by atoms with van der Waals surface area (Å²) in [7, 11) is 0. The predicted octanol–water partition coefficient (Wildman–Crippen LogP) is 15.6. The second-order valence-electron chi connectivity index (χ2n) is 15.4. The Morgan fingerprint density at radius 1 is 0.217 bits per heavy atom. The molecule has 0 N–H and O–H groups in total. The van der Waals surface area contributed by atoms with E-state index in [4.69, 9.17) is 9.97 Å². The first kappa shape index (κ1) is 35.2. The minimum atomic E-state index is 0.690. The maximum Gasteiger partial charge on any atom is 0.160 e. The third-order valence-corrected chi connectivity index (χ3v) is 11.7. The van der Waals surface area contributed by atoms with Gasteiger partial charge >= 0.3 is 0 Å². The van der Waals surface area contributed by atoms with Crippen LogP contribution in [0.25, 0.3) is 111 Å². The van der Waals surface area contributed by atoms with Gasteiger partial charge in [-0.3, -0.25) is 0 Å². The van der Waals surface area contributed by atoms with Crippen LogP contribution < -0.4 is 0 Å².